The lowest BCUT2D eigenvalue weighted by molar-refractivity contribution is 0.0134. The summed E-state index contributed by atoms with van der Waals surface area (Å²) in [5.41, 5.74) is 11.4. The maximum atomic E-state index is 13.2. The van der Waals surface area contributed by atoms with Crippen molar-refractivity contribution in [2.75, 3.05) is 18.4 Å². The van der Waals surface area contributed by atoms with Crippen molar-refractivity contribution < 1.29 is 23.5 Å². The molecule has 1 fully saturated rings. The van der Waals surface area contributed by atoms with Crippen molar-refractivity contribution in [1.82, 2.24) is 4.90 Å². The van der Waals surface area contributed by atoms with Crippen LogP contribution in [0.4, 0.5) is 19.7 Å². The maximum Gasteiger partial charge on any atom is 0.350 e. The van der Waals surface area contributed by atoms with Crippen LogP contribution in [0, 0.1) is 5.82 Å². The molecule has 0 spiro atoms. The molecule has 0 saturated carbocycles. The minimum Gasteiger partial charge on any atom is -0.456 e. The summed E-state index contributed by atoms with van der Waals surface area (Å²) < 4.78 is 18.7. The van der Waals surface area contributed by atoms with Crippen LogP contribution in [-0.4, -0.2) is 42.1 Å². The summed E-state index contributed by atoms with van der Waals surface area (Å²) in [4.78, 5) is 37.5. The number of thiophene rings is 1. The standard InChI is InChI=1S/C18H19FN4O4S/c19-11-5-3-10(4-6-11)14-8-13(22-17(20)25)15(28-14)16(24)27-12-2-1-7-23(9-12)18(21)26/h3-6,8,12H,1-2,7,9H2,(H2,21,26)(H3,20,22,25). The van der Waals surface area contributed by atoms with E-state index >= 15 is 0 Å². The molecule has 148 valence electrons. The van der Waals surface area contributed by atoms with Gasteiger partial charge in [-0.25, -0.2) is 18.8 Å². The molecule has 1 aliphatic heterocycles. The van der Waals surface area contributed by atoms with Crippen molar-refractivity contribution in [2.45, 2.75) is 18.9 Å². The van der Waals surface area contributed by atoms with Crippen molar-refractivity contribution in [2.24, 2.45) is 11.5 Å². The molecule has 3 rings (SSSR count). The molecular weight excluding hydrogens is 387 g/mol. The van der Waals surface area contributed by atoms with E-state index in [0.717, 1.165) is 11.3 Å². The van der Waals surface area contributed by atoms with Gasteiger partial charge in [-0.2, -0.15) is 0 Å². The van der Waals surface area contributed by atoms with E-state index in [-0.39, 0.29) is 22.9 Å². The van der Waals surface area contributed by atoms with Gasteiger partial charge < -0.3 is 26.4 Å². The Bertz CT molecular complexity index is 899. The number of piperidine rings is 1. The van der Waals surface area contributed by atoms with Crippen LogP contribution in [0.3, 0.4) is 0 Å². The molecule has 1 atom stereocenters. The van der Waals surface area contributed by atoms with Crippen LogP contribution >= 0.6 is 11.3 Å². The highest BCUT2D eigenvalue weighted by atomic mass is 32.1. The maximum absolute atomic E-state index is 13.2. The van der Waals surface area contributed by atoms with Gasteiger partial charge in [-0.15, -0.1) is 11.3 Å². The van der Waals surface area contributed by atoms with Crippen LogP contribution in [0.5, 0.6) is 0 Å². The quantitative estimate of drug-likeness (QED) is 0.675. The first kappa shape index (κ1) is 19.6. The van der Waals surface area contributed by atoms with E-state index in [1.807, 2.05) is 0 Å². The lowest BCUT2D eigenvalue weighted by atomic mass is 10.1. The number of ether oxygens (including phenoxy) is 1. The molecule has 1 aromatic heterocycles. The van der Waals surface area contributed by atoms with Gasteiger partial charge in [-0.1, -0.05) is 12.1 Å². The molecule has 0 bridgehead atoms. The van der Waals surface area contributed by atoms with E-state index in [9.17, 15) is 18.8 Å². The number of carbonyl (C=O) groups excluding carboxylic acids is 3. The fourth-order valence-corrected chi connectivity index (χ4v) is 3.97. The molecule has 1 saturated heterocycles. The van der Waals surface area contributed by atoms with Crippen molar-refractivity contribution >= 4 is 35.1 Å². The second kappa shape index (κ2) is 8.26. The molecule has 5 N–H and O–H groups in total. The van der Waals surface area contributed by atoms with Gasteiger partial charge >= 0.3 is 18.0 Å². The van der Waals surface area contributed by atoms with E-state index < -0.39 is 24.1 Å². The van der Waals surface area contributed by atoms with Crippen LogP contribution in [-0.2, 0) is 4.74 Å². The van der Waals surface area contributed by atoms with Gasteiger partial charge in [0, 0.05) is 11.4 Å². The topological polar surface area (TPSA) is 128 Å². The summed E-state index contributed by atoms with van der Waals surface area (Å²) in [5.74, 6) is -1.02. The fraction of sp³-hybridized carbons (Fsp3) is 0.278. The monoisotopic (exact) mass is 406 g/mol. The third kappa shape index (κ3) is 4.58. The molecule has 4 amide bonds. The molecule has 2 heterocycles. The lowest BCUT2D eigenvalue weighted by Gasteiger charge is -2.31. The Balaban J connectivity index is 1.82. The van der Waals surface area contributed by atoms with Gasteiger partial charge in [0.25, 0.3) is 0 Å². The Morgan fingerprint density at radius 3 is 2.57 bits per heavy atom. The third-order valence-corrected chi connectivity index (χ3v) is 5.43. The first-order valence-corrected chi connectivity index (χ1v) is 9.36. The van der Waals surface area contributed by atoms with Crippen molar-refractivity contribution in [3.8, 4) is 10.4 Å². The predicted octanol–water partition coefficient (Wildman–Crippen LogP) is 2.74. The smallest absolute Gasteiger partial charge is 0.350 e. The van der Waals surface area contributed by atoms with Crippen LogP contribution in [0.1, 0.15) is 22.5 Å². The third-order valence-electron chi connectivity index (χ3n) is 4.27. The van der Waals surface area contributed by atoms with Crippen LogP contribution in [0.15, 0.2) is 30.3 Å². The molecule has 1 aromatic carbocycles. The van der Waals surface area contributed by atoms with Gasteiger partial charge in [0.2, 0.25) is 0 Å². The van der Waals surface area contributed by atoms with Crippen LogP contribution in [0.2, 0.25) is 0 Å². The molecule has 28 heavy (non-hydrogen) atoms. The van der Waals surface area contributed by atoms with E-state index in [4.69, 9.17) is 16.2 Å². The number of carbonyl (C=O) groups is 3. The summed E-state index contributed by atoms with van der Waals surface area (Å²) in [7, 11) is 0. The highest BCUT2D eigenvalue weighted by Gasteiger charge is 2.27. The fourth-order valence-electron chi connectivity index (χ4n) is 2.96. The number of urea groups is 2. The van der Waals surface area contributed by atoms with E-state index in [1.54, 1.807) is 18.2 Å². The number of nitrogens with two attached hydrogens (primary N) is 2. The second-order valence-electron chi connectivity index (χ2n) is 6.30. The molecule has 2 aromatic rings. The van der Waals surface area contributed by atoms with Crippen LogP contribution in [0.25, 0.3) is 10.4 Å². The minimum atomic E-state index is -0.824. The van der Waals surface area contributed by atoms with Gasteiger partial charge in [0.15, 0.2) is 0 Å². The van der Waals surface area contributed by atoms with Crippen molar-refractivity contribution in [1.29, 1.82) is 0 Å². The zero-order valence-electron chi connectivity index (χ0n) is 14.8. The number of nitrogens with zero attached hydrogens (tertiary/aromatic N) is 1. The average molecular weight is 406 g/mol. The number of rotatable bonds is 4. The SMILES string of the molecule is NC(=O)Nc1cc(-c2ccc(F)cc2)sc1C(=O)OC1CCCN(C(N)=O)C1. The molecule has 0 radical (unpaired) electrons. The number of hydrogen-bond acceptors (Lipinski definition) is 5. The zero-order chi connectivity index (χ0) is 20.3. The highest BCUT2D eigenvalue weighted by molar-refractivity contribution is 7.18. The summed E-state index contributed by atoms with van der Waals surface area (Å²) in [6, 6.07) is 5.92. The van der Waals surface area contributed by atoms with E-state index in [0.29, 0.717) is 29.8 Å². The summed E-state index contributed by atoms with van der Waals surface area (Å²) in [6.07, 6.45) is 0.773. The Labute approximate surface area is 164 Å². The Kier molecular flexibility index (Phi) is 5.78. The summed E-state index contributed by atoms with van der Waals surface area (Å²) >= 11 is 1.09. The number of nitrogens with one attached hydrogen (secondary N) is 1. The molecule has 8 nitrogen and oxygen atoms in total. The number of benzene rings is 1. The van der Waals surface area contributed by atoms with E-state index in [2.05, 4.69) is 5.32 Å². The Morgan fingerprint density at radius 2 is 1.93 bits per heavy atom. The predicted molar refractivity (Wildman–Crippen MR) is 103 cm³/mol. The van der Waals surface area contributed by atoms with Gasteiger partial charge in [-0.05, 0) is 36.6 Å². The minimum absolute atomic E-state index is 0.161. The largest absolute Gasteiger partial charge is 0.456 e. The van der Waals surface area contributed by atoms with Gasteiger partial charge in [0.05, 0.1) is 12.2 Å². The Hall–Kier alpha value is -3.14. The van der Waals surface area contributed by atoms with Crippen LogP contribution < -0.4 is 16.8 Å². The van der Waals surface area contributed by atoms with Crippen molar-refractivity contribution in [3.05, 3.63) is 41.0 Å². The average Bonchev–Trinajstić information content (AvgIpc) is 3.05. The van der Waals surface area contributed by atoms with Gasteiger partial charge in [0.1, 0.15) is 16.8 Å². The highest BCUT2D eigenvalue weighted by Crippen LogP contribution is 2.36. The molecule has 0 aliphatic carbocycles. The zero-order valence-corrected chi connectivity index (χ0v) is 15.6. The number of esters is 1. The molecule has 1 unspecified atom stereocenters. The number of anilines is 1. The molecule has 10 heteroatoms. The number of hydrogen-bond donors (Lipinski definition) is 3. The molecular formula is C18H19FN4O4S. The lowest BCUT2D eigenvalue weighted by Crippen LogP contribution is -2.46. The van der Waals surface area contributed by atoms with Crippen molar-refractivity contribution in [3.63, 3.8) is 0 Å². The number of primary amides is 2. The normalized spacial score (nSPS) is 16.5. The summed E-state index contributed by atoms with van der Waals surface area (Å²) in [5, 5.41) is 2.41. The second-order valence-corrected chi connectivity index (χ2v) is 7.36. The first-order chi connectivity index (χ1) is 13.3. The summed E-state index contributed by atoms with van der Waals surface area (Å²) in [6.45, 7) is 0.738. The Morgan fingerprint density at radius 1 is 1.21 bits per heavy atom. The number of likely N-dealkylation sites (tertiary alicyclic amines) is 1. The number of amides is 4. The van der Waals surface area contributed by atoms with E-state index in [1.165, 1.54) is 17.0 Å². The molecule has 1 aliphatic rings. The van der Waals surface area contributed by atoms with Gasteiger partial charge in [-0.3, -0.25) is 0 Å². The first-order valence-electron chi connectivity index (χ1n) is 8.55. The number of halogens is 1.